The highest BCUT2D eigenvalue weighted by Crippen LogP contribution is 2.37. The molecule has 0 aliphatic heterocycles. The Bertz CT molecular complexity index is 959. The molecule has 0 aliphatic rings. The van der Waals surface area contributed by atoms with E-state index in [1.807, 2.05) is 61.5 Å². The van der Waals surface area contributed by atoms with E-state index >= 15 is 0 Å². The summed E-state index contributed by atoms with van der Waals surface area (Å²) in [6.45, 7) is 0. The van der Waals surface area contributed by atoms with Gasteiger partial charge in [0, 0.05) is 27.6 Å². The van der Waals surface area contributed by atoms with E-state index in [0.29, 0.717) is 5.89 Å². The second-order valence-corrected chi connectivity index (χ2v) is 8.54. The van der Waals surface area contributed by atoms with Crippen molar-refractivity contribution in [3.8, 4) is 11.5 Å². The first kappa shape index (κ1) is 17.5. The van der Waals surface area contributed by atoms with Gasteiger partial charge in [-0.2, -0.15) is 0 Å². The number of nitrogens with zero attached hydrogens (tertiary/aromatic N) is 2. The molecule has 1 aromatic heterocycles. The van der Waals surface area contributed by atoms with E-state index < -0.39 is 7.92 Å². The molecule has 0 saturated heterocycles. The maximum absolute atomic E-state index is 6.22. The molecule has 4 aromatic rings. The molecule has 0 fully saturated rings. The van der Waals surface area contributed by atoms with Gasteiger partial charge in [0.1, 0.15) is 5.44 Å². The topological polar surface area (TPSA) is 29.3 Å². The number of hydrogen-bond acceptors (Lipinski definition) is 3. The van der Waals surface area contributed by atoms with Crippen molar-refractivity contribution in [3.63, 3.8) is 0 Å². The zero-order valence-corrected chi connectivity index (χ0v) is 16.3. The van der Waals surface area contributed by atoms with Gasteiger partial charge in [0.15, 0.2) is 0 Å². The Morgan fingerprint density at radius 2 is 1.19 bits per heavy atom. The highest BCUT2D eigenvalue weighted by Gasteiger charge is 2.26. The number of oxazole rings is 1. The second kappa shape index (κ2) is 7.77. The second-order valence-electron chi connectivity index (χ2n) is 6.41. The summed E-state index contributed by atoms with van der Waals surface area (Å²) in [6.07, 6.45) is 0. The third-order valence-corrected chi connectivity index (χ3v) is 6.60. The molecule has 134 valence electrons. The van der Waals surface area contributed by atoms with Crippen molar-refractivity contribution < 1.29 is 4.42 Å². The Hall–Kier alpha value is -2.90. The lowest BCUT2D eigenvalue weighted by molar-refractivity contribution is 0.573. The van der Waals surface area contributed by atoms with Crippen molar-refractivity contribution in [2.75, 3.05) is 19.0 Å². The minimum atomic E-state index is -0.815. The van der Waals surface area contributed by atoms with E-state index in [1.165, 1.54) is 10.6 Å². The smallest absolute Gasteiger partial charge is 0.229 e. The number of rotatable bonds is 5. The predicted molar refractivity (Wildman–Crippen MR) is 115 cm³/mol. The van der Waals surface area contributed by atoms with Crippen molar-refractivity contribution >= 4 is 29.8 Å². The molecule has 0 unspecified atom stereocenters. The summed E-state index contributed by atoms with van der Waals surface area (Å²) in [4.78, 5) is 6.99. The molecule has 0 bridgehead atoms. The van der Waals surface area contributed by atoms with Gasteiger partial charge >= 0.3 is 0 Å². The summed E-state index contributed by atoms with van der Waals surface area (Å²) >= 11 is 0. The molecule has 0 aliphatic carbocycles. The van der Waals surface area contributed by atoms with Crippen molar-refractivity contribution in [2.45, 2.75) is 0 Å². The monoisotopic (exact) mass is 372 g/mol. The van der Waals surface area contributed by atoms with E-state index in [0.717, 1.165) is 16.9 Å². The quantitative estimate of drug-likeness (QED) is 0.493. The van der Waals surface area contributed by atoms with Gasteiger partial charge in [-0.05, 0) is 22.7 Å². The minimum absolute atomic E-state index is 0.661. The molecule has 4 heteroatoms. The summed E-state index contributed by atoms with van der Waals surface area (Å²) in [5.74, 6) is 1.47. The van der Waals surface area contributed by atoms with Gasteiger partial charge in [-0.25, -0.2) is 4.98 Å². The van der Waals surface area contributed by atoms with Crippen LogP contribution in [0.1, 0.15) is 0 Å². The fourth-order valence-electron chi connectivity index (χ4n) is 2.99. The molecule has 0 spiro atoms. The SMILES string of the molecule is CN(C)c1oc(-c2ccccc2)nc1P(c1ccccc1)c1ccccc1. The Morgan fingerprint density at radius 3 is 1.67 bits per heavy atom. The maximum atomic E-state index is 6.22. The molecule has 0 radical (unpaired) electrons. The zero-order chi connectivity index (χ0) is 18.6. The van der Waals surface area contributed by atoms with Gasteiger partial charge < -0.3 is 9.32 Å². The normalized spacial score (nSPS) is 10.9. The van der Waals surface area contributed by atoms with Crippen LogP contribution in [-0.2, 0) is 0 Å². The Kier molecular flexibility index (Phi) is 5.04. The average Bonchev–Trinajstić information content (AvgIpc) is 3.16. The van der Waals surface area contributed by atoms with Crippen LogP contribution in [0.4, 0.5) is 5.88 Å². The van der Waals surface area contributed by atoms with Crippen LogP contribution in [0.5, 0.6) is 0 Å². The van der Waals surface area contributed by atoms with Crippen LogP contribution < -0.4 is 20.9 Å². The molecule has 0 N–H and O–H groups in total. The first-order chi connectivity index (χ1) is 13.2. The van der Waals surface area contributed by atoms with Crippen LogP contribution in [-0.4, -0.2) is 19.1 Å². The first-order valence-electron chi connectivity index (χ1n) is 8.88. The Balaban J connectivity index is 1.91. The number of anilines is 1. The maximum Gasteiger partial charge on any atom is 0.229 e. The molecule has 0 saturated carbocycles. The summed E-state index contributed by atoms with van der Waals surface area (Å²) in [6, 6.07) is 31.2. The molecule has 3 nitrogen and oxygen atoms in total. The van der Waals surface area contributed by atoms with Crippen molar-refractivity contribution in [1.82, 2.24) is 4.98 Å². The zero-order valence-electron chi connectivity index (χ0n) is 15.4. The van der Waals surface area contributed by atoms with Gasteiger partial charge in [-0.1, -0.05) is 78.9 Å². The average molecular weight is 372 g/mol. The van der Waals surface area contributed by atoms with Crippen LogP contribution in [0, 0.1) is 0 Å². The van der Waals surface area contributed by atoms with E-state index in [-0.39, 0.29) is 0 Å². The van der Waals surface area contributed by atoms with Gasteiger partial charge in [-0.3, -0.25) is 0 Å². The highest BCUT2D eigenvalue weighted by atomic mass is 31.1. The largest absolute Gasteiger partial charge is 0.420 e. The standard InChI is InChI=1S/C23H21N2OP/c1-25(2)23-22(24-21(26-23)18-12-6-3-7-13-18)27(19-14-8-4-9-15-19)20-16-10-5-11-17-20/h3-17H,1-2H3. The molecule has 0 atom stereocenters. The summed E-state index contributed by atoms with van der Waals surface area (Å²) < 4.78 is 6.22. The van der Waals surface area contributed by atoms with Gasteiger partial charge in [0.25, 0.3) is 0 Å². The van der Waals surface area contributed by atoms with Crippen LogP contribution in [0.3, 0.4) is 0 Å². The summed E-state index contributed by atoms with van der Waals surface area (Å²) in [7, 11) is 3.19. The van der Waals surface area contributed by atoms with Gasteiger partial charge in [0.05, 0.1) is 0 Å². The third kappa shape index (κ3) is 3.65. The lowest BCUT2D eigenvalue weighted by atomic mass is 10.2. The fraction of sp³-hybridized carbons (Fsp3) is 0.0870. The number of aromatic nitrogens is 1. The number of hydrogen-bond donors (Lipinski definition) is 0. The van der Waals surface area contributed by atoms with Crippen molar-refractivity contribution in [1.29, 1.82) is 0 Å². The summed E-state index contributed by atoms with van der Waals surface area (Å²) in [5.41, 5.74) is 1.98. The molecule has 1 heterocycles. The predicted octanol–water partition coefficient (Wildman–Crippen LogP) is 4.17. The van der Waals surface area contributed by atoms with Crippen LogP contribution >= 0.6 is 7.92 Å². The van der Waals surface area contributed by atoms with Crippen LogP contribution in [0.25, 0.3) is 11.5 Å². The van der Waals surface area contributed by atoms with E-state index in [4.69, 9.17) is 9.40 Å². The van der Waals surface area contributed by atoms with E-state index in [1.54, 1.807) is 0 Å². The molecule has 27 heavy (non-hydrogen) atoms. The minimum Gasteiger partial charge on any atom is -0.420 e. The van der Waals surface area contributed by atoms with E-state index in [2.05, 4.69) is 48.5 Å². The van der Waals surface area contributed by atoms with Crippen molar-refractivity contribution in [2.24, 2.45) is 0 Å². The molecular weight excluding hydrogens is 351 g/mol. The van der Waals surface area contributed by atoms with Crippen LogP contribution in [0.15, 0.2) is 95.4 Å². The lowest BCUT2D eigenvalue weighted by Crippen LogP contribution is -2.25. The van der Waals surface area contributed by atoms with Crippen LogP contribution in [0.2, 0.25) is 0 Å². The molecule has 3 aromatic carbocycles. The Morgan fingerprint density at radius 1 is 0.704 bits per heavy atom. The summed E-state index contributed by atoms with van der Waals surface area (Å²) in [5, 5.41) is 2.52. The fourth-order valence-corrected chi connectivity index (χ4v) is 5.35. The van der Waals surface area contributed by atoms with Gasteiger partial charge in [-0.15, -0.1) is 0 Å². The van der Waals surface area contributed by atoms with Gasteiger partial charge in [0.2, 0.25) is 11.8 Å². The van der Waals surface area contributed by atoms with Crippen molar-refractivity contribution in [3.05, 3.63) is 91.0 Å². The third-order valence-electron chi connectivity index (χ3n) is 4.26. The Labute approximate surface area is 161 Å². The first-order valence-corrected chi connectivity index (χ1v) is 10.2. The molecule has 4 rings (SSSR count). The number of benzene rings is 3. The molecule has 0 amide bonds. The lowest BCUT2D eigenvalue weighted by Gasteiger charge is -2.19. The van der Waals surface area contributed by atoms with E-state index in [9.17, 15) is 0 Å². The molecular formula is C23H21N2OP. The highest BCUT2D eigenvalue weighted by molar-refractivity contribution is 7.79.